The Morgan fingerprint density at radius 3 is 2.31 bits per heavy atom. The van der Waals surface area contributed by atoms with Crippen LogP contribution in [0.4, 0.5) is 0 Å². The molecule has 0 N–H and O–H groups in total. The van der Waals surface area contributed by atoms with Crippen LogP contribution in [0.5, 0.6) is 5.75 Å². The first-order valence-corrected chi connectivity index (χ1v) is 5.80. The van der Waals surface area contributed by atoms with Gasteiger partial charge in [0, 0.05) is 12.6 Å². The van der Waals surface area contributed by atoms with E-state index in [1.54, 1.807) is 7.11 Å². The van der Waals surface area contributed by atoms with E-state index in [2.05, 4.69) is 51.8 Å². The summed E-state index contributed by atoms with van der Waals surface area (Å²) in [5.74, 6) is 0.980. The van der Waals surface area contributed by atoms with Gasteiger partial charge in [-0.1, -0.05) is 6.07 Å². The number of hydrogen-bond donors (Lipinski definition) is 0. The molecule has 0 unspecified atom stereocenters. The van der Waals surface area contributed by atoms with E-state index in [0.29, 0.717) is 6.04 Å². The molecule has 90 valence electrons. The Balaban J connectivity index is 2.93. The average Bonchev–Trinajstić information content (AvgIpc) is 2.22. The lowest BCUT2D eigenvalue weighted by Gasteiger charge is -2.22. The third kappa shape index (κ3) is 2.99. The van der Waals surface area contributed by atoms with E-state index in [9.17, 15) is 0 Å². The number of benzene rings is 1. The Morgan fingerprint density at radius 1 is 1.19 bits per heavy atom. The van der Waals surface area contributed by atoms with Crippen LogP contribution in [-0.4, -0.2) is 25.1 Å². The molecule has 1 aromatic carbocycles. The summed E-state index contributed by atoms with van der Waals surface area (Å²) < 4.78 is 5.32. The summed E-state index contributed by atoms with van der Waals surface area (Å²) in [7, 11) is 3.88. The van der Waals surface area contributed by atoms with Crippen LogP contribution < -0.4 is 4.74 Å². The van der Waals surface area contributed by atoms with Crippen LogP contribution in [0.2, 0.25) is 0 Å². The van der Waals surface area contributed by atoms with E-state index in [4.69, 9.17) is 4.74 Å². The van der Waals surface area contributed by atoms with E-state index >= 15 is 0 Å². The van der Waals surface area contributed by atoms with Gasteiger partial charge in [0.1, 0.15) is 5.75 Å². The van der Waals surface area contributed by atoms with E-state index in [0.717, 1.165) is 12.3 Å². The van der Waals surface area contributed by atoms with Crippen molar-refractivity contribution in [1.82, 2.24) is 4.90 Å². The molecule has 0 spiro atoms. The lowest BCUT2D eigenvalue weighted by atomic mass is 10.0. The van der Waals surface area contributed by atoms with Gasteiger partial charge in [0.25, 0.3) is 0 Å². The van der Waals surface area contributed by atoms with Gasteiger partial charge < -0.3 is 4.74 Å². The van der Waals surface area contributed by atoms with Gasteiger partial charge in [-0.2, -0.15) is 0 Å². The van der Waals surface area contributed by atoms with Gasteiger partial charge in [-0.15, -0.1) is 0 Å². The summed E-state index contributed by atoms with van der Waals surface area (Å²) in [5, 5.41) is 0. The van der Waals surface area contributed by atoms with Crippen LogP contribution in [0.15, 0.2) is 12.1 Å². The zero-order valence-electron chi connectivity index (χ0n) is 11.3. The Labute approximate surface area is 99.2 Å². The Kier molecular flexibility index (Phi) is 4.36. The third-order valence-corrected chi connectivity index (χ3v) is 3.15. The predicted octanol–water partition coefficient (Wildman–Crippen LogP) is 3.15. The van der Waals surface area contributed by atoms with Crippen molar-refractivity contribution in [3.8, 4) is 5.75 Å². The topological polar surface area (TPSA) is 12.5 Å². The monoisotopic (exact) mass is 221 g/mol. The number of aryl methyl sites for hydroxylation is 2. The highest BCUT2D eigenvalue weighted by atomic mass is 16.5. The van der Waals surface area contributed by atoms with Crippen molar-refractivity contribution in [3.63, 3.8) is 0 Å². The van der Waals surface area contributed by atoms with Crippen molar-refractivity contribution >= 4 is 0 Å². The molecule has 0 aliphatic carbocycles. The minimum Gasteiger partial charge on any atom is -0.496 e. The average molecular weight is 221 g/mol. The van der Waals surface area contributed by atoms with Gasteiger partial charge in [-0.05, 0) is 57.5 Å². The van der Waals surface area contributed by atoms with Gasteiger partial charge in [-0.3, -0.25) is 4.90 Å². The van der Waals surface area contributed by atoms with E-state index in [-0.39, 0.29) is 0 Å². The molecular formula is C14H23NO. The number of nitrogens with zero attached hydrogens (tertiary/aromatic N) is 1. The Morgan fingerprint density at radius 2 is 1.81 bits per heavy atom. The molecule has 0 saturated heterocycles. The summed E-state index contributed by atoms with van der Waals surface area (Å²) in [5.41, 5.74) is 3.89. The summed E-state index contributed by atoms with van der Waals surface area (Å²) in [4.78, 5) is 2.34. The van der Waals surface area contributed by atoms with Crippen molar-refractivity contribution in [2.75, 3.05) is 14.2 Å². The van der Waals surface area contributed by atoms with Crippen LogP contribution in [0, 0.1) is 13.8 Å². The fraction of sp³-hybridized carbons (Fsp3) is 0.571. The molecule has 0 aliphatic heterocycles. The third-order valence-electron chi connectivity index (χ3n) is 3.15. The van der Waals surface area contributed by atoms with Crippen LogP contribution in [-0.2, 0) is 6.54 Å². The van der Waals surface area contributed by atoms with Gasteiger partial charge in [0.2, 0.25) is 0 Å². The highest BCUT2D eigenvalue weighted by molar-refractivity contribution is 5.41. The highest BCUT2D eigenvalue weighted by Crippen LogP contribution is 2.23. The van der Waals surface area contributed by atoms with Crippen molar-refractivity contribution in [1.29, 1.82) is 0 Å². The summed E-state index contributed by atoms with van der Waals surface area (Å²) in [6.45, 7) is 9.66. The predicted molar refractivity (Wildman–Crippen MR) is 69.1 cm³/mol. The minimum absolute atomic E-state index is 0.571. The molecule has 0 radical (unpaired) electrons. The van der Waals surface area contributed by atoms with Gasteiger partial charge >= 0.3 is 0 Å². The second-order valence-electron chi connectivity index (χ2n) is 4.76. The Hall–Kier alpha value is -1.02. The van der Waals surface area contributed by atoms with Crippen LogP contribution in [0.1, 0.15) is 30.5 Å². The molecule has 1 aromatic rings. The number of methoxy groups -OCH3 is 1. The summed E-state index contributed by atoms with van der Waals surface area (Å²) in [6.07, 6.45) is 0. The van der Waals surface area contributed by atoms with Crippen LogP contribution >= 0.6 is 0 Å². The largest absolute Gasteiger partial charge is 0.496 e. The maximum atomic E-state index is 5.32. The molecule has 1 rings (SSSR count). The molecule has 0 aromatic heterocycles. The van der Waals surface area contributed by atoms with Crippen molar-refractivity contribution in [2.45, 2.75) is 40.3 Å². The van der Waals surface area contributed by atoms with Gasteiger partial charge in [0.15, 0.2) is 0 Å². The molecule has 0 aliphatic rings. The molecule has 0 heterocycles. The molecule has 0 atom stereocenters. The minimum atomic E-state index is 0.571. The van der Waals surface area contributed by atoms with Crippen molar-refractivity contribution in [2.24, 2.45) is 0 Å². The normalized spacial score (nSPS) is 11.2. The maximum absolute atomic E-state index is 5.32. The molecule has 0 fully saturated rings. The fourth-order valence-electron chi connectivity index (χ4n) is 1.69. The number of rotatable bonds is 4. The Bertz CT molecular complexity index is 358. The second-order valence-corrected chi connectivity index (χ2v) is 4.76. The lowest BCUT2D eigenvalue weighted by molar-refractivity contribution is 0.265. The quantitative estimate of drug-likeness (QED) is 0.774. The molecule has 0 bridgehead atoms. The van der Waals surface area contributed by atoms with Crippen molar-refractivity contribution < 1.29 is 4.74 Å². The van der Waals surface area contributed by atoms with Gasteiger partial charge in [-0.25, -0.2) is 0 Å². The van der Waals surface area contributed by atoms with E-state index in [1.165, 1.54) is 16.7 Å². The summed E-state index contributed by atoms with van der Waals surface area (Å²) in [6, 6.07) is 4.92. The fourth-order valence-corrected chi connectivity index (χ4v) is 1.69. The first kappa shape index (κ1) is 13.0. The standard InChI is InChI=1S/C14H23NO/c1-10(2)15(5)9-13-7-12(4)14(16-6)8-11(13)3/h7-8,10H,9H2,1-6H3. The zero-order valence-corrected chi connectivity index (χ0v) is 11.3. The lowest BCUT2D eigenvalue weighted by Crippen LogP contribution is -2.26. The molecule has 0 saturated carbocycles. The summed E-state index contributed by atoms with van der Waals surface area (Å²) >= 11 is 0. The molecular weight excluding hydrogens is 198 g/mol. The highest BCUT2D eigenvalue weighted by Gasteiger charge is 2.09. The maximum Gasteiger partial charge on any atom is 0.122 e. The molecule has 0 amide bonds. The first-order chi connectivity index (χ1) is 7.45. The molecule has 16 heavy (non-hydrogen) atoms. The SMILES string of the molecule is COc1cc(C)c(CN(C)C(C)C)cc1C. The van der Waals surface area contributed by atoms with Crippen molar-refractivity contribution in [3.05, 3.63) is 28.8 Å². The second kappa shape index (κ2) is 5.35. The van der Waals surface area contributed by atoms with E-state index < -0.39 is 0 Å². The number of hydrogen-bond acceptors (Lipinski definition) is 2. The number of ether oxygens (including phenoxy) is 1. The zero-order chi connectivity index (χ0) is 12.3. The molecule has 2 nitrogen and oxygen atoms in total. The van der Waals surface area contributed by atoms with Gasteiger partial charge in [0.05, 0.1) is 7.11 Å². The molecule has 2 heteroatoms. The smallest absolute Gasteiger partial charge is 0.122 e. The van der Waals surface area contributed by atoms with Crippen LogP contribution in [0.25, 0.3) is 0 Å². The van der Waals surface area contributed by atoms with Crippen LogP contribution in [0.3, 0.4) is 0 Å². The van der Waals surface area contributed by atoms with E-state index in [1.807, 2.05) is 0 Å². The first-order valence-electron chi connectivity index (χ1n) is 5.80.